The van der Waals surface area contributed by atoms with Gasteiger partial charge in [-0.05, 0) is 33.1 Å². The molecule has 0 aromatic heterocycles. The van der Waals surface area contributed by atoms with Crippen LogP contribution in [0.5, 0.6) is 0 Å². The van der Waals surface area contributed by atoms with Crippen molar-refractivity contribution in [3.05, 3.63) is 11.8 Å². The predicted octanol–water partition coefficient (Wildman–Crippen LogP) is 2.76. The molecule has 0 N–H and O–H groups in total. The highest BCUT2D eigenvalue weighted by molar-refractivity contribution is 6.82. The van der Waals surface area contributed by atoms with E-state index in [1.165, 1.54) is 19.1 Å². The van der Waals surface area contributed by atoms with Gasteiger partial charge in [-0.15, -0.1) is 0 Å². The van der Waals surface area contributed by atoms with E-state index in [-0.39, 0.29) is 0 Å². The summed E-state index contributed by atoms with van der Waals surface area (Å²) in [5, 5.41) is 0. The van der Waals surface area contributed by atoms with Crippen LogP contribution in [0.4, 0.5) is 0 Å². The Kier molecular flexibility index (Phi) is 5.50. The fourth-order valence-corrected chi connectivity index (χ4v) is 3.20. The van der Waals surface area contributed by atoms with Crippen LogP contribution in [0.15, 0.2) is 11.8 Å². The first-order chi connectivity index (χ1) is 5.52. The summed E-state index contributed by atoms with van der Waals surface area (Å²) in [5.74, 6) is 0. The summed E-state index contributed by atoms with van der Waals surface area (Å²) in [6.07, 6.45) is 2.21. The van der Waals surface area contributed by atoms with Crippen LogP contribution in [0, 0.1) is 0 Å². The maximum absolute atomic E-state index is 2.43. The van der Waals surface area contributed by atoms with Crippen LogP contribution in [-0.4, -0.2) is 33.1 Å². The van der Waals surface area contributed by atoms with Crippen LogP contribution in [-0.2, 0) is 0 Å². The minimum Gasteiger partial charge on any atom is -0.307 e. The molecule has 0 heterocycles. The number of nitrogens with zero attached hydrogens (tertiary/aromatic N) is 1. The van der Waals surface area contributed by atoms with Crippen molar-refractivity contribution in [3.63, 3.8) is 0 Å². The first kappa shape index (κ1) is 11.9. The zero-order chi connectivity index (χ0) is 9.61. The van der Waals surface area contributed by atoms with Crippen LogP contribution in [0.3, 0.4) is 0 Å². The van der Waals surface area contributed by atoms with Gasteiger partial charge in [0, 0.05) is 0 Å². The number of hydrogen-bond acceptors (Lipinski definition) is 1. The minimum atomic E-state index is -1.00. The molecule has 0 saturated heterocycles. The van der Waals surface area contributed by atoms with Gasteiger partial charge in [-0.1, -0.05) is 31.8 Å². The molecule has 0 aliphatic carbocycles. The monoisotopic (exact) mass is 185 g/mol. The Morgan fingerprint density at radius 3 is 2.33 bits per heavy atom. The Bertz CT molecular complexity index is 141. The maximum Gasteiger partial charge on any atom is 0.0725 e. The van der Waals surface area contributed by atoms with E-state index in [1.807, 2.05) is 0 Å². The fourth-order valence-electron chi connectivity index (χ4n) is 1.17. The first-order valence-electron chi connectivity index (χ1n) is 4.84. The zero-order valence-electron chi connectivity index (χ0n) is 9.22. The molecule has 0 fully saturated rings. The van der Waals surface area contributed by atoms with Crippen molar-refractivity contribution < 1.29 is 0 Å². The minimum absolute atomic E-state index is 1.00. The predicted molar refractivity (Wildman–Crippen MR) is 60.3 cm³/mol. The van der Waals surface area contributed by atoms with Gasteiger partial charge in [0.15, 0.2) is 0 Å². The van der Waals surface area contributed by atoms with Crippen LogP contribution < -0.4 is 0 Å². The van der Waals surface area contributed by atoms with E-state index in [4.69, 9.17) is 0 Å². The summed E-state index contributed by atoms with van der Waals surface area (Å²) in [6, 6.07) is 1.38. The van der Waals surface area contributed by atoms with Crippen molar-refractivity contribution in [2.75, 3.05) is 20.1 Å². The van der Waals surface area contributed by atoms with Crippen molar-refractivity contribution >= 4 is 8.07 Å². The highest BCUT2D eigenvalue weighted by Gasteiger charge is 2.16. The molecule has 0 rings (SSSR count). The molecule has 0 amide bonds. The first-order valence-corrected chi connectivity index (χ1v) is 8.12. The normalized spacial score (nSPS) is 13.2. The van der Waals surface area contributed by atoms with E-state index in [2.05, 4.69) is 50.7 Å². The Balaban J connectivity index is 3.75. The van der Waals surface area contributed by atoms with Gasteiger partial charge < -0.3 is 4.90 Å². The molecule has 0 atom stereocenters. The summed E-state index contributed by atoms with van der Waals surface area (Å²) >= 11 is 0. The molecule has 0 bridgehead atoms. The molecular weight excluding hydrogens is 162 g/mol. The van der Waals surface area contributed by atoms with Crippen LogP contribution >= 0.6 is 0 Å². The Hall–Kier alpha value is -0.0831. The summed E-state index contributed by atoms with van der Waals surface area (Å²) in [5.41, 5.74) is 2.43. The molecule has 0 radical (unpaired) electrons. The van der Waals surface area contributed by atoms with Gasteiger partial charge in [-0.2, -0.15) is 0 Å². The van der Waals surface area contributed by atoms with Crippen LogP contribution in [0.1, 0.15) is 13.8 Å². The molecule has 0 aromatic carbocycles. The average Bonchev–Trinajstić information content (AvgIpc) is 2.00. The smallest absolute Gasteiger partial charge is 0.0725 e. The van der Waals surface area contributed by atoms with E-state index >= 15 is 0 Å². The van der Waals surface area contributed by atoms with Crippen LogP contribution in [0.25, 0.3) is 0 Å². The van der Waals surface area contributed by atoms with Gasteiger partial charge >= 0.3 is 0 Å². The number of rotatable bonds is 5. The molecular formula is C10H23NSi. The molecule has 72 valence electrons. The summed E-state index contributed by atoms with van der Waals surface area (Å²) < 4.78 is 0. The van der Waals surface area contributed by atoms with Gasteiger partial charge in [0.2, 0.25) is 0 Å². The van der Waals surface area contributed by atoms with Gasteiger partial charge in [-0.25, -0.2) is 0 Å². The fraction of sp³-hybridized carbons (Fsp3) is 0.800. The lowest BCUT2D eigenvalue weighted by Crippen LogP contribution is -2.30. The van der Waals surface area contributed by atoms with E-state index in [1.54, 1.807) is 0 Å². The second kappa shape index (κ2) is 5.54. The molecule has 2 heteroatoms. The maximum atomic E-state index is 2.43. The largest absolute Gasteiger partial charge is 0.307 e. The summed E-state index contributed by atoms with van der Waals surface area (Å²) in [7, 11) is 1.19. The summed E-state index contributed by atoms with van der Waals surface area (Å²) in [6.45, 7) is 11.6. The van der Waals surface area contributed by atoms with Crippen molar-refractivity contribution in [1.29, 1.82) is 0 Å². The average molecular weight is 185 g/mol. The standard InChI is InChI=1S/C10H23NSi/c1-6-9-12(4,5)10-8-11(3)7-2/h6,9H,7-8,10H2,1-5H3. The molecule has 0 unspecified atom stereocenters. The Labute approximate surface area is 78.5 Å². The quantitative estimate of drug-likeness (QED) is 0.595. The number of allylic oxidation sites excluding steroid dienone is 1. The van der Waals surface area contributed by atoms with Gasteiger partial charge in [-0.3, -0.25) is 0 Å². The molecule has 12 heavy (non-hydrogen) atoms. The van der Waals surface area contributed by atoms with Crippen molar-refractivity contribution in [2.24, 2.45) is 0 Å². The topological polar surface area (TPSA) is 3.24 Å². The molecule has 0 aliphatic heterocycles. The van der Waals surface area contributed by atoms with E-state index in [0.717, 1.165) is 0 Å². The molecule has 0 aromatic rings. The van der Waals surface area contributed by atoms with E-state index < -0.39 is 8.07 Å². The lowest BCUT2D eigenvalue weighted by atomic mass is 10.6. The van der Waals surface area contributed by atoms with Crippen LogP contribution in [0.2, 0.25) is 19.1 Å². The molecule has 0 spiro atoms. The SMILES string of the molecule is CC=C[Si](C)(C)CCN(C)CC. The Morgan fingerprint density at radius 1 is 1.33 bits per heavy atom. The van der Waals surface area contributed by atoms with Crippen molar-refractivity contribution in [2.45, 2.75) is 33.0 Å². The highest BCUT2D eigenvalue weighted by atomic mass is 28.3. The lowest BCUT2D eigenvalue weighted by Gasteiger charge is -2.21. The lowest BCUT2D eigenvalue weighted by molar-refractivity contribution is 0.372. The molecule has 0 saturated carbocycles. The second-order valence-electron chi connectivity index (χ2n) is 4.13. The van der Waals surface area contributed by atoms with Gasteiger partial charge in [0.1, 0.15) is 0 Å². The third-order valence-electron chi connectivity index (χ3n) is 2.30. The van der Waals surface area contributed by atoms with Gasteiger partial charge in [0.25, 0.3) is 0 Å². The third-order valence-corrected chi connectivity index (χ3v) is 5.04. The zero-order valence-corrected chi connectivity index (χ0v) is 10.2. The van der Waals surface area contributed by atoms with E-state index in [9.17, 15) is 0 Å². The summed E-state index contributed by atoms with van der Waals surface area (Å²) in [4.78, 5) is 2.39. The second-order valence-corrected chi connectivity index (χ2v) is 8.94. The highest BCUT2D eigenvalue weighted by Crippen LogP contribution is 2.11. The molecule has 0 aliphatic rings. The van der Waals surface area contributed by atoms with Crippen molar-refractivity contribution in [3.8, 4) is 0 Å². The third kappa shape index (κ3) is 5.55. The van der Waals surface area contributed by atoms with E-state index in [0.29, 0.717) is 0 Å². The molecule has 1 nitrogen and oxygen atoms in total. The van der Waals surface area contributed by atoms with Crippen molar-refractivity contribution in [1.82, 2.24) is 4.90 Å². The Morgan fingerprint density at radius 2 is 1.92 bits per heavy atom. The van der Waals surface area contributed by atoms with Gasteiger partial charge in [0.05, 0.1) is 8.07 Å². The number of hydrogen-bond donors (Lipinski definition) is 0.